The number of nitrogens with two attached hydrogens (primary N) is 1. The molecule has 1 saturated carbocycles. The van der Waals surface area contributed by atoms with Gasteiger partial charge in [0.15, 0.2) is 0 Å². The molecule has 5 nitrogen and oxygen atoms in total. The molecule has 5 heteroatoms. The Bertz CT molecular complexity index is 317. The van der Waals surface area contributed by atoms with Gasteiger partial charge in [-0.05, 0) is 26.7 Å². The molecule has 0 bridgehead atoms. The third-order valence-electron chi connectivity index (χ3n) is 3.71. The van der Waals surface area contributed by atoms with Crippen LogP contribution in [-0.2, 0) is 9.59 Å². The largest absolute Gasteiger partial charge is 0.347 e. The van der Waals surface area contributed by atoms with Crippen molar-refractivity contribution in [3.63, 3.8) is 0 Å². The fourth-order valence-electron chi connectivity index (χ4n) is 2.29. The minimum atomic E-state index is -0.527. The van der Waals surface area contributed by atoms with E-state index in [-0.39, 0.29) is 17.9 Å². The van der Waals surface area contributed by atoms with Gasteiger partial charge in [0.05, 0.1) is 5.41 Å². The molecule has 1 rings (SSSR count). The van der Waals surface area contributed by atoms with Crippen molar-refractivity contribution in [1.29, 1.82) is 0 Å². The van der Waals surface area contributed by atoms with Crippen molar-refractivity contribution < 1.29 is 9.59 Å². The number of hydrogen-bond acceptors (Lipinski definition) is 3. The van der Waals surface area contributed by atoms with Crippen LogP contribution in [0.2, 0.25) is 0 Å². The second-order valence-electron chi connectivity index (χ2n) is 5.34. The summed E-state index contributed by atoms with van der Waals surface area (Å²) >= 11 is 0. The Morgan fingerprint density at radius 3 is 2.47 bits per heavy atom. The summed E-state index contributed by atoms with van der Waals surface area (Å²) in [6, 6.07) is -0.605. The zero-order valence-electron chi connectivity index (χ0n) is 11.1. The van der Waals surface area contributed by atoms with Crippen LogP contribution in [0.5, 0.6) is 0 Å². The van der Waals surface area contributed by atoms with Crippen molar-refractivity contribution >= 4 is 11.8 Å². The number of carbonyl (C=O) groups is 2. The van der Waals surface area contributed by atoms with E-state index < -0.39 is 11.5 Å². The maximum atomic E-state index is 12.2. The Morgan fingerprint density at radius 1 is 1.47 bits per heavy atom. The number of carbonyl (C=O) groups excluding carboxylic acids is 2. The molecular weight excluding hydrogens is 218 g/mol. The lowest BCUT2D eigenvalue weighted by Gasteiger charge is -2.29. The van der Waals surface area contributed by atoms with Crippen molar-refractivity contribution in [1.82, 2.24) is 10.2 Å². The summed E-state index contributed by atoms with van der Waals surface area (Å²) in [6.45, 7) is 3.58. The molecule has 0 aromatic rings. The first-order chi connectivity index (χ1) is 7.79. The van der Waals surface area contributed by atoms with Crippen molar-refractivity contribution in [2.24, 2.45) is 11.1 Å². The van der Waals surface area contributed by atoms with Crippen molar-refractivity contribution in [2.45, 2.75) is 45.2 Å². The Hall–Kier alpha value is -1.10. The predicted molar refractivity (Wildman–Crippen MR) is 66.2 cm³/mol. The van der Waals surface area contributed by atoms with E-state index in [9.17, 15) is 9.59 Å². The summed E-state index contributed by atoms with van der Waals surface area (Å²) in [7, 11) is 3.35. The summed E-state index contributed by atoms with van der Waals surface area (Å²) in [5, 5.41) is 2.76. The van der Waals surface area contributed by atoms with Gasteiger partial charge < -0.3 is 16.0 Å². The van der Waals surface area contributed by atoms with Gasteiger partial charge in [0.1, 0.15) is 6.04 Å². The van der Waals surface area contributed by atoms with Crippen LogP contribution in [0.1, 0.15) is 33.1 Å². The summed E-state index contributed by atoms with van der Waals surface area (Å²) in [5.41, 5.74) is 5.44. The molecule has 0 radical (unpaired) electrons. The number of amides is 2. The Balaban J connectivity index is 2.63. The first kappa shape index (κ1) is 14.0. The minimum Gasteiger partial charge on any atom is -0.347 e. The first-order valence-electron chi connectivity index (χ1n) is 6.06. The minimum absolute atomic E-state index is 0.103. The highest BCUT2D eigenvalue weighted by atomic mass is 16.2. The van der Waals surface area contributed by atoms with E-state index in [4.69, 9.17) is 5.73 Å². The van der Waals surface area contributed by atoms with Gasteiger partial charge in [-0.15, -0.1) is 0 Å². The fourth-order valence-corrected chi connectivity index (χ4v) is 2.29. The molecule has 17 heavy (non-hydrogen) atoms. The lowest BCUT2D eigenvalue weighted by molar-refractivity contribution is -0.137. The molecule has 98 valence electrons. The van der Waals surface area contributed by atoms with E-state index >= 15 is 0 Å². The van der Waals surface area contributed by atoms with E-state index in [1.54, 1.807) is 21.0 Å². The zero-order valence-corrected chi connectivity index (χ0v) is 11.1. The molecule has 3 N–H and O–H groups in total. The second-order valence-corrected chi connectivity index (χ2v) is 5.34. The smallest absolute Gasteiger partial charge is 0.244 e. The molecule has 0 aromatic heterocycles. The molecule has 1 aliphatic rings. The van der Waals surface area contributed by atoms with Crippen LogP contribution in [-0.4, -0.2) is 42.9 Å². The molecule has 0 spiro atoms. The number of rotatable bonds is 3. The highest BCUT2D eigenvalue weighted by molar-refractivity contribution is 5.90. The molecule has 0 saturated heterocycles. The zero-order chi connectivity index (χ0) is 13.2. The van der Waals surface area contributed by atoms with Crippen molar-refractivity contribution in [2.75, 3.05) is 14.1 Å². The molecular formula is C12H23N3O2. The predicted octanol–water partition coefficient (Wildman–Crippen LogP) is 0.0968. The topological polar surface area (TPSA) is 75.4 Å². The third-order valence-corrected chi connectivity index (χ3v) is 3.71. The maximum absolute atomic E-state index is 12.2. The number of likely N-dealkylation sites (N-methyl/N-ethyl adjacent to an activating group) is 1. The lowest BCUT2D eigenvalue weighted by Crippen LogP contribution is -2.53. The van der Waals surface area contributed by atoms with Gasteiger partial charge in [-0.25, -0.2) is 0 Å². The summed E-state index contributed by atoms with van der Waals surface area (Å²) in [6.07, 6.45) is 2.64. The average Bonchev–Trinajstić information content (AvgIpc) is 2.59. The summed E-state index contributed by atoms with van der Waals surface area (Å²) < 4.78 is 0. The monoisotopic (exact) mass is 241 g/mol. The quantitative estimate of drug-likeness (QED) is 0.735. The van der Waals surface area contributed by atoms with E-state index in [1.165, 1.54) is 4.90 Å². The van der Waals surface area contributed by atoms with Crippen LogP contribution >= 0.6 is 0 Å². The second kappa shape index (κ2) is 5.04. The van der Waals surface area contributed by atoms with E-state index in [2.05, 4.69) is 5.32 Å². The SMILES string of the molecule is CC(NC(=O)C1(C)CCCC1N)C(=O)N(C)C. The standard InChI is InChI=1S/C12H23N3O2/c1-8(10(16)15(3)4)14-11(17)12(2)7-5-6-9(12)13/h8-9H,5-7,13H2,1-4H3,(H,14,17). The average molecular weight is 241 g/mol. The van der Waals surface area contributed by atoms with Crippen LogP contribution in [0.25, 0.3) is 0 Å². The van der Waals surface area contributed by atoms with Gasteiger partial charge in [-0.3, -0.25) is 9.59 Å². The molecule has 2 amide bonds. The van der Waals surface area contributed by atoms with Crippen LogP contribution in [0, 0.1) is 5.41 Å². The Kier molecular flexibility index (Phi) is 4.14. The van der Waals surface area contributed by atoms with Crippen LogP contribution in [0.15, 0.2) is 0 Å². The Labute approximate surface area is 103 Å². The lowest BCUT2D eigenvalue weighted by atomic mass is 9.84. The van der Waals surface area contributed by atoms with Crippen molar-refractivity contribution in [3.05, 3.63) is 0 Å². The number of hydrogen-bond donors (Lipinski definition) is 2. The number of nitrogens with one attached hydrogen (secondary N) is 1. The van der Waals surface area contributed by atoms with Gasteiger partial charge >= 0.3 is 0 Å². The summed E-state index contributed by atoms with van der Waals surface area (Å²) in [4.78, 5) is 25.3. The van der Waals surface area contributed by atoms with Gasteiger partial charge in [-0.1, -0.05) is 6.42 Å². The third kappa shape index (κ3) is 2.77. The highest BCUT2D eigenvalue weighted by Gasteiger charge is 2.43. The molecule has 0 heterocycles. The van der Waals surface area contributed by atoms with Gasteiger partial charge in [0.2, 0.25) is 11.8 Å². The normalized spacial score (nSPS) is 29.8. The maximum Gasteiger partial charge on any atom is 0.244 e. The molecule has 3 unspecified atom stereocenters. The van der Waals surface area contributed by atoms with Crippen LogP contribution in [0.4, 0.5) is 0 Å². The number of nitrogens with zero attached hydrogens (tertiary/aromatic N) is 1. The van der Waals surface area contributed by atoms with E-state index in [0.29, 0.717) is 0 Å². The molecule has 1 aliphatic carbocycles. The van der Waals surface area contributed by atoms with Crippen LogP contribution < -0.4 is 11.1 Å². The highest BCUT2D eigenvalue weighted by Crippen LogP contribution is 2.36. The van der Waals surface area contributed by atoms with Gasteiger partial charge in [0, 0.05) is 20.1 Å². The van der Waals surface area contributed by atoms with Gasteiger partial charge in [-0.2, -0.15) is 0 Å². The summed E-state index contributed by atoms with van der Waals surface area (Å²) in [5.74, 6) is -0.210. The van der Waals surface area contributed by atoms with Crippen molar-refractivity contribution in [3.8, 4) is 0 Å². The van der Waals surface area contributed by atoms with E-state index in [0.717, 1.165) is 19.3 Å². The van der Waals surface area contributed by atoms with Crippen LogP contribution in [0.3, 0.4) is 0 Å². The molecule has 1 fully saturated rings. The molecule has 0 aromatic carbocycles. The molecule has 3 atom stereocenters. The fraction of sp³-hybridized carbons (Fsp3) is 0.833. The molecule has 0 aliphatic heterocycles. The van der Waals surface area contributed by atoms with Gasteiger partial charge in [0.25, 0.3) is 0 Å². The van der Waals surface area contributed by atoms with E-state index in [1.807, 2.05) is 6.92 Å². The Morgan fingerprint density at radius 2 is 2.06 bits per heavy atom. The first-order valence-corrected chi connectivity index (χ1v) is 6.06.